The molecule has 1 heterocycles. The van der Waals surface area contributed by atoms with Gasteiger partial charge in [0.1, 0.15) is 5.78 Å². The second-order valence-corrected chi connectivity index (χ2v) is 16.1. The first-order chi connectivity index (χ1) is 18.2. The van der Waals surface area contributed by atoms with Gasteiger partial charge in [0, 0.05) is 24.8 Å². The first-order valence-corrected chi connectivity index (χ1v) is 15.2. The first kappa shape index (κ1) is 26.1. The molecule has 0 unspecified atom stereocenters. The van der Waals surface area contributed by atoms with E-state index in [1.54, 1.807) is 6.07 Å². The Morgan fingerprint density at radius 1 is 1.05 bits per heavy atom. The number of carbonyl (C=O) groups excluding carboxylic acids is 1. The number of Topliss-reactive ketones (excluding diaryl/α,β-unsaturated/α-hetero) is 1. The van der Waals surface area contributed by atoms with Crippen LogP contribution < -0.4 is 10.4 Å². The van der Waals surface area contributed by atoms with Crippen LogP contribution in [0.3, 0.4) is 0 Å². The molecule has 5 nitrogen and oxygen atoms in total. The Hall–Kier alpha value is -3.53. The molecule has 6 heteroatoms. The number of ketones is 1. The van der Waals surface area contributed by atoms with Crippen molar-refractivity contribution >= 4 is 35.5 Å². The third-order valence-electron chi connectivity index (χ3n) is 8.08. The summed E-state index contributed by atoms with van der Waals surface area (Å²) in [7, 11) is -2.80. The topological polar surface area (TPSA) is 67.9 Å². The molecule has 1 aliphatic rings. The molecule has 1 aliphatic carbocycles. The molecule has 0 spiro atoms. The van der Waals surface area contributed by atoms with Crippen LogP contribution in [0.1, 0.15) is 52.5 Å². The van der Waals surface area contributed by atoms with Crippen LogP contribution in [0, 0.1) is 16.7 Å². The maximum absolute atomic E-state index is 12.9. The minimum Gasteiger partial charge on any atom is -0.404 e. The Labute approximate surface area is 226 Å². The number of imidazole rings is 1. The molecule has 1 aromatic heterocycles. The van der Waals surface area contributed by atoms with E-state index in [1.807, 2.05) is 18.5 Å². The maximum atomic E-state index is 12.9. The van der Waals surface area contributed by atoms with Crippen LogP contribution in [-0.2, 0) is 15.8 Å². The predicted molar refractivity (Wildman–Crippen MR) is 154 cm³/mol. The lowest BCUT2D eigenvalue weighted by atomic mass is 9.72. The molecule has 0 N–H and O–H groups in total. The minimum absolute atomic E-state index is 0.122. The highest BCUT2D eigenvalue weighted by Gasteiger charge is 2.54. The van der Waals surface area contributed by atoms with Gasteiger partial charge in [-0.2, -0.15) is 5.26 Å². The van der Waals surface area contributed by atoms with Gasteiger partial charge in [0.15, 0.2) is 0 Å². The smallest absolute Gasteiger partial charge is 0.261 e. The maximum Gasteiger partial charge on any atom is 0.261 e. The fourth-order valence-electron chi connectivity index (χ4n) is 6.20. The van der Waals surface area contributed by atoms with Crippen LogP contribution >= 0.6 is 0 Å². The van der Waals surface area contributed by atoms with E-state index in [0.717, 1.165) is 11.0 Å². The summed E-state index contributed by atoms with van der Waals surface area (Å²) in [5, 5.41) is 11.8. The predicted octanol–water partition coefficient (Wildman–Crippen LogP) is 5.61. The van der Waals surface area contributed by atoms with E-state index in [1.165, 1.54) is 10.4 Å². The molecule has 0 aliphatic heterocycles. The highest BCUT2D eigenvalue weighted by atomic mass is 28.4. The number of hydrogen-bond donors (Lipinski definition) is 0. The van der Waals surface area contributed by atoms with Crippen molar-refractivity contribution in [3.8, 4) is 6.07 Å². The zero-order chi connectivity index (χ0) is 27.0. The molecule has 4 aromatic rings. The Morgan fingerprint density at radius 2 is 1.68 bits per heavy atom. The van der Waals surface area contributed by atoms with Gasteiger partial charge in [-0.3, -0.25) is 4.79 Å². The summed E-state index contributed by atoms with van der Waals surface area (Å²) < 4.78 is 9.68. The van der Waals surface area contributed by atoms with Gasteiger partial charge < -0.3 is 8.99 Å². The van der Waals surface area contributed by atoms with Crippen molar-refractivity contribution in [1.29, 1.82) is 5.26 Å². The van der Waals surface area contributed by atoms with E-state index in [9.17, 15) is 10.1 Å². The zero-order valence-electron chi connectivity index (χ0n) is 22.6. The normalized spacial score (nSPS) is 20.4. The number of hydrogen-bond acceptors (Lipinski definition) is 4. The lowest BCUT2D eigenvalue weighted by molar-refractivity contribution is -0.128. The molecule has 2 atom stereocenters. The van der Waals surface area contributed by atoms with E-state index >= 15 is 0 Å². The summed E-state index contributed by atoms with van der Waals surface area (Å²) in [5.41, 5.74) is 1.93. The van der Waals surface area contributed by atoms with Gasteiger partial charge in [-0.25, -0.2) is 4.98 Å². The SMILES string of the molecule is CC(C)(C)[Si](O[C@@H]1CCC(=O)C[C@@]1(C)Cn1cnc2ccc(C#N)cc21)(c1ccccc1)c1ccccc1. The minimum atomic E-state index is -2.80. The summed E-state index contributed by atoms with van der Waals surface area (Å²) in [4.78, 5) is 17.5. The molecular formula is C32H35N3O2Si. The molecule has 38 heavy (non-hydrogen) atoms. The molecule has 0 radical (unpaired) electrons. The number of benzene rings is 3. The van der Waals surface area contributed by atoms with Gasteiger partial charge in [-0.05, 0) is 40.0 Å². The number of carbonyl (C=O) groups is 1. The van der Waals surface area contributed by atoms with Gasteiger partial charge in [0.2, 0.25) is 0 Å². The average molecular weight is 522 g/mol. The molecular weight excluding hydrogens is 486 g/mol. The second-order valence-electron chi connectivity index (χ2n) is 11.9. The summed E-state index contributed by atoms with van der Waals surface area (Å²) in [5.74, 6) is 0.275. The molecule has 0 saturated heterocycles. The van der Waals surface area contributed by atoms with Crippen molar-refractivity contribution in [2.75, 3.05) is 0 Å². The zero-order valence-corrected chi connectivity index (χ0v) is 23.6. The van der Waals surface area contributed by atoms with E-state index in [0.29, 0.717) is 31.4 Å². The Bertz CT molecular complexity index is 1440. The fourth-order valence-corrected chi connectivity index (χ4v) is 11.0. The highest BCUT2D eigenvalue weighted by Crippen LogP contribution is 2.44. The third kappa shape index (κ3) is 4.61. The van der Waals surface area contributed by atoms with E-state index in [2.05, 4.69) is 104 Å². The largest absolute Gasteiger partial charge is 0.404 e. The lowest BCUT2D eigenvalue weighted by Gasteiger charge is -2.50. The summed E-state index contributed by atoms with van der Waals surface area (Å²) in [6.07, 6.45) is 3.38. The summed E-state index contributed by atoms with van der Waals surface area (Å²) in [6.45, 7) is 9.64. The average Bonchev–Trinajstić information content (AvgIpc) is 3.30. The molecule has 5 rings (SSSR count). The Morgan fingerprint density at radius 3 is 2.26 bits per heavy atom. The van der Waals surface area contributed by atoms with Crippen LogP contribution in [-0.4, -0.2) is 29.8 Å². The molecule has 0 amide bonds. The van der Waals surface area contributed by atoms with Crippen molar-refractivity contribution in [2.24, 2.45) is 5.41 Å². The standard InChI is InChI=1S/C32H35N3O2Si/c1-31(2,3)38(26-11-7-5-8-12-26,27-13-9-6-10-14-27)37-30-18-16-25(36)20-32(30,4)22-35-23-34-28-17-15-24(21-33)19-29(28)35/h5-15,17,19,23,30H,16,18,20,22H2,1-4H3/t30-,32+/m1/s1. The van der Waals surface area contributed by atoms with Gasteiger partial charge in [0.05, 0.1) is 35.1 Å². The summed E-state index contributed by atoms with van der Waals surface area (Å²) in [6, 6.07) is 29.1. The van der Waals surface area contributed by atoms with Gasteiger partial charge >= 0.3 is 0 Å². The number of nitriles is 1. The number of nitrogens with zero attached hydrogens (tertiary/aromatic N) is 3. The van der Waals surface area contributed by atoms with E-state index in [4.69, 9.17) is 4.43 Å². The quantitative estimate of drug-likeness (QED) is 0.309. The van der Waals surface area contributed by atoms with Crippen LogP contribution in [0.2, 0.25) is 5.04 Å². The molecule has 1 fully saturated rings. The van der Waals surface area contributed by atoms with Gasteiger partial charge in [-0.1, -0.05) is 88.4 Å². The highest BCUT2D eigenvalue weighted by molar-refractivity contribution is 6.99. The van der Waals surface area contributed by atoms with Crippen molar-refractivity contribution in [1.82, 2.24) is 9.55 Å². The Balaban J connectivity index is 1.62. The summed E-state index contributed by atoms with van der Waals surface area (Å²) >= 11 is 0. The fraction of sp³-hybridized carbons (Fsp3) is 0.344. The van der Waals surface area contributed by atoms with Crippen LogP contribution in [0.15, 0.2) is 85.2 Å². The van der Waals surface area contributed by atoms with Crippen molar-refractivity contribution in [3.63, 3.8) is 0 Å². The third-order valence-corrected chi connectivity index (χ3v) is 13.1. The van der Waals surface area contributed by atoms with Crippen LogP contribution in [0.5, 0.6) is 0 Å². The second kappa shape index (κ2) is 9.98. The number of rotatable bonds is 6. The van der Waals surface area contributed by atoms with Gasteiger partial charge in [0.25, 0.3) is 8.32 Å². The van der Waals surface area contributed by atoms with Crippen LogP contribution in [0.4, 0.5) is 0 Å². The van der Waals surface area contributed by atoms with Gasteiger partial charge in [-0.15, -0.1) is 0 Å². The van der Waals surface area contributed by atoms with E-state index in [-0.39, 0.29) is 16.9 Å². The molecule has 0 bridgehead atoms. The van der Waals surface area contributed by atoms with Crippen molar-refractivity contribution in [3.05, 3.63) is 90.8 Å². The van der Waals surface area contributed by atoms with Crippen molar-refractivity contribution in [2.45, 2.75) is 64.6 Å². The number of fused-ring (bicyclic) bond motifs is 1. The van der Waals surface area contributed by atoms with Crippen molar-refractivity contribution < 1.29 is 9.22 Å². The molecule has 3 aromatic carbocycles. The number of aromatic nitrogens is 2. The monoisotopic (exact) mass is 521 g/mol. The first-order valence-electron chi connectivity index (χ1n) is 13.3. The van der Waals surface area contributed by atoms with Crippen LogP contribution in [0.25, 0.3) is 11.0 Å². The molecule has 194 valence electrons. The molecule has 1 saturated carbocycles. The lowest BCUT2D eigenvalue weighted by Crippen LogP contribution is -2.69. The van der Waals surface area contributed by atoms with E-state index < -0.39 is 13.7 Å². The Kier molecular flexibility index (Phi) is 6.85.